The van der Waals surface area contributed by atoms with Gasteiger partial charge in [-0.2, -0.15) is 0 Å². The molecule has 4 N–H and O–H groups in total. The Labute approximate surface area is 157 Å². The van der Waals surface area contributed by atoms with Gasteiger partial charge in [-0.25, -0.2) is 10.9 Å². The lowest BCUT2D eigenvalue weighted by Crippen LogP contribution is -2.43. The minimum Gasteiger partial charge on any atom is -0.351 e. The number of rotatable bonds is 4. The Kier molecular flexibility index (Phi) is 5.04. The molecule has 26 heavy (non-hydrogen) atoms. The van der Waals surface area contributed by atoms with E-state index < -0.39 is 0 Å². The van der Waals surface area contributed by atoms with Crippen LogP contribution in [0.2, 0.25) is 0 Å². The van der Waals surface area contributed by atoms with Crippen LogP contribution in [-0.2, 0) is 24.3 Å². The minimum absolute atomic E-state index is 0.0409. The molecule has 0 aliphatic carbocycles. The molecule has 2 aliphatic heterocycles. The van der Waals surface area contributed by atoms with Gasteiger partial charge in [0.15, 0.2) is 0 Å². The highest BCUT2D eigenvalue weighted by Crippen LogP contribution is 2.28. The lowest BCUT2D eigenvalue weighted by atomic mass is 9.96. The maximum atomic E-state index is 12.6. The monoisotopic (exact) mass is 371 g/mol. The zero-order chi connectivity index (χ0) is 18.1. The van der Waals surface area contributed by atoms with Crippen LogP contribution in [0.3, 0.4) is 0 Å². The first-order valence-electron chi connectivity index (χ1n) is 9.14. The normalized spacial score (nSPS) is 22.2. The summed E-state index contributed by atoms with van der Waals surface area (Å²) in [6.45, 7) is 6.51. The molecule has 1 amide bonds. The van der Waals surface area contributed by atoms with Gasteiger partial charge in [-0.05, 0) is 62.1 Å². The molecule has 138 valence electrons. The van der Waals surface area contributed by atoms with Crippen molar-refractivity contribution in [2.45, 2.75) is 51.9 Å². The first kappa shape index (κ1) is 17.6. The van der Waals surface area contributed by atoms with Crippen molar-refractivity contribution < 1.29 is 4.79 Å². The van der Waals surface area contributed by atoms with Crippen molar-refractivity contribution in [2.75, 3.05) is 6.54 Å². The molecular formula is C19H25N5OS. The highest BCUT2D eigenvalue weighted by Gasteiger charge is 2.31. The number of nitrogens with zero attached hydrogens (tertiary/aromatic N) is 1. The van der Waals surface area contributed by atoms with Crippen LogP contribution < -0.4 is 21.5 Å². The number of aryl methyl sites for hydroxylation is 2. The van der Waals surface area contributed by atoms with E-state index in [0.29, 0.717) is 6.54 Å². The van der Waals surface area contributed by atoms with Gasteiger partial charge in [-0.1, -0.05) is 0 Å². The van der Waals surface area contributed by atoms with Gasteiger partial charge in [0.2, 0.25) is 5.91 Å². The summed E-state index contributed by atoms with van der Waals surface area (Å²) in [6, 6.07) is 4.25. The number of hydrogen-bond acceptors (Lipinski definition) is 6. The Balaban J connectivity index is 1.39. The molecule has 0 radical (unpaired) electrons. The average molecular weight is 372 g/mol. The molecule has 0 saturated carbocycles. The van der Waals surface area contributed by atoms with Crippen LogP contribution in [-0.4, -0.2) is 23.5 Å². The number of thiophene rings is 1. The Morgan fingerprint density at radius 1 is 1.35 bits per heavy atom. The third-order valence-electron chi connectivity index (χ3n) is 5.23. The highest BCUT2D eigenvalue weighted by molar-refractivity contribution is 7.12. The molecule has 2 aliphatic rings. The molecule has 4 heterocycles. The summed E-state index contributed by atoms with van der Waals surface area (Å²) in [7, 11) is 0. The van der Waals surface area contributed by atoms with E-state index in [-0.39, 0.29) is 18.0 Å². The summed E-state index contributed by atoms with van der Waals surface area (Å²) in [5.74, 6) is 0.0409. The zero-order valence-electron chi connectivity index (χ0n) is 15.2. The number of amides is 1. The Morgan fingerprint density at radius 3 is 3.04 bits per heavy atom. The second-order valence-corrected chi connectivity index (χ2v) is 8.37. The Bertz CT molecular complexity index is 818. The van der Waals surface area contributed by atoms with Crippen molar-refractivity contribution in [3.8, 4) is 0 Å². The smallest absolute Gasteiger partial charge is 0.238 e. The molecule has 0 bridgehead atoms. The van der Waals surface area contributed by atoms with E-state index in [1.54, 1.807) is 11.3 Å². The number of hydrazine groups is 1. The van der Waals surface area contributed by atoms with E-state index >= 15 is 0 Å². The molecule has 2 unspecified atom stereocenters. The Hall–Kier alpha value is -1.80. The number of aromatic nitrogens is 1. The fourth-order valence-electron chi connectivity index (χ4n) is 3.73. The van der Waals surface area contributed by atoms with Crippen molar-refractivity contribution in [2.24, 2.45) is 0 Å². The van der Waals surface area contributed by atoms with Gasteiger partial charge in [-0.3, -0.25) is 9.78 Å². The van der Waals surface area contributed by atoms with Crippen molar-refractivity contribution in [3.05, 3.63) is 50.5 Å². The maximum absolute atomic E-state index is 12.6. The van der Waals surface area contributed by atoms with E-state index in [0.717, 1.165) is 31.6 Å². The summed E-state index contributed by atoms with van der Waals surface area (Å²) < 4.78 is 0. The zero-order valence-corrected chi connectivity index (χ0v) is 16.0. The predicted molar refractivity (Wildman–Crippen MR) is 103 cm³/mol. The molecule has 2 aromatic rings. The first-order chi connectivity index (χ1) is 12.6. The molecule has 2 aromatic heterocycles. The third kappa shape index (κ3) is 3.53. The second kappa shape index (κ2) is 7.44. The SMILES string of the molecule is Cc1ccc(C2CC(C(=O)NCc3c(C)ncc4c3CCNC4)NN2)s1. The second-order valence-electron chi connectivity index (χ2n) is 7.05. The van der Waals surface area contributed by atoms with Crippen molar-refractivity contribution in [1.29, 1.82) is 0 Å². The van der Waals surface area contributed by atoms with Gasteiger partial charge in [-0.15, -0.1) is 11.3 Å². The summed E-state index contributed by atoms with van der Waals surface area (Å²) in [5.41, 5.74) is 11.2. The summed E-state index contributed by atoms with van der Waals surface area (Å²) in [6.07, 6.45) is 3.71. The maximum Gasteiger partial charge on any atom is 0.238 e. The van der Waals surface area contributed by atoms with Crippen LogP contribution in [0.4, 0.5) is 0 Å². The van der Waals surface area contributed by atoms with Crippen molar-refractivity contribution in [3.63, 3.8) is 0 Å². The standard InChI is InChI=1S/C19H25N5OS/c1-11-3-4-18(26-11)16-7-17(24-23-16)19(25)22-10-15-12(2)21-9-13-8-20-6-5-14(13)15/h3-4,9,16-17,20,23-24H,5-8,10H2,1-2H3,(H,22,25). The van der Waals surface area contributed by atoms with Crippen LogP contribution in [0.5, 0.6) is 0 Å². The highest BCUT2D eigenvalue weighted by atomic mass is 32.1. The first-order valence-corrected chi connectivity index (χ1v) is 9.95. The van der Waals surface area contributed by atoms with Crippen LogP contribution in [0, 0.1) is 13.8 Å². The number of fused-ring (bicyclic) bond motifs is 1. The number of nitrogens with one attached hydrogen (secondary N) is 4. The summed E-state index contributed by atoms with van der Waals surface area (Å²) in [4.78, 5) is 19.7. The molecule has 0 spiro atoms. The van der Waals surface area contributed by atoms with E-state index in [1.807, 2.05) is 13.1 Å². The number of pyridine rings is 1. The minimum atomic E-state index is -0.211. The summed E-state index contributed by atoms with van der Waals surface area (Å²) >= 11 is 1.78. The lowest BCUT2D eigenvalue weighted by Gasteiger charge is -2.22. The average Bonchev–Trinajstić information content (AvgIpc) is 3.29. The predicted octanol–water partition coefficient (Wildman–Crippen LogP) is 1.63. The van der Waals surface area contributed by atoms with Crippen molar-refractivity contribution >= 4 is 17.2 Å². The van der Waals surface area contributed by atoms with Crippen LogP contribution >= 0.6 is 11.3 Å². The molecule has 0 aromatic carbocycles. The fraction of sp³-hybridized carbons (Fsp3) is 0.474. The largest absolute Gasteiger partial charge is 0.351 e. The van der Waals surface area contributed by atoms with Gasteiger partial charge < -0.3 is 10.6 Å². The van der Waals surface area contributed by atoms with E-state index in [1.165, 1.54) is 26.4 Å². The van der Waals surface area contributed by atoms with Gasteiger partial charge in [0.05, 0.1) is 6.04 Å². The fourth-order valence-corrected chi connectivity index (χ4v) is 4.67. The molecule has 1 fully saturated rings. The number of hydrogen-bond donors (Lipinski definition) is 4. The third-order valence-corrected chi connectivity index (χ3v) is 6.35. The Morgan fingerprint density at radius 2 is 2.23 bits per heavy atom. The molecule has 7 heteroatoms. The quantitative estimate of drug-likeness (QED) is 0.657. The lowest BCUT2D eigenvalue weighted by molar-refractivity contribution is -0.123. The van der Waals surface area contributed by atoms with Gasteiger partial charge >= 0.3 is 0 Å². The van der Waals surface area contributed by atoms with Gasteiger partial charge in [0.25, 0.3) is 0 Å². The van der Waals surface area contributed by atoms with E-state index in [4.69, 9.17) is 0 Å². The van der Waals surface area contributed by atoms with Crippen LogP contribution in [0.25, 0.3) is 0 Å². The molecular weight excluding hydrogens is 346 g/mol. The van der Waals surface area contributed by atoms with Gasteiger partial charge in [0, 0.05) is 34.7 Å². The van der Waals surface area contributed by atoms with E-state index in [9.17, 15) is 4.79 Å². The van der Waals surface area contributed by atoms with E-state index in [2.05, 4.69) is 45.5 Å². The number of carbonyl (C=O) groups excluding carboxylic acids is 1. The summed E-state index contributed by atoms with van der Waals surface area (Å²) in [5, 5.41) is 6.49. The molecule has 2 atom stereocenters. The van der Waals surface area contributed by atoms with Crippen LogP contribution in [0.1, 0.15) is 44.6 Å². The van der Waals surface area contributed by atoms with Crippen LogP contribution in [0.15, 0.2) is 18.3 Å². The molecule has 4 rings (SSSR count). The van der Waals surface area contributed by atoms with Crippen molar-refractivity contribution in [1.82, 2.24) is 26.5 Å². The van der Waals surface area contributed by atoms with Gasteiger partial charge in [0.1, 0.15) is 6.04 Å². The molecule has 1 saturated heterocycles. The number of carbonyl (C=O) groups is 1. The molecule has 6 nitrogen and oxygen atoms in total. The topological polar surface area (TPSA) is 78.1 Å².